The summed E-state index contributed by atoms with van der Waals surface area (Å²) in [5.41, 5.74) is 2.36. The summed E-state index contributed by atoms with van der Waals surface area (Å²) in [6.07, 6.45) is -1.32. The van der Waals surface area contributed by atoms with Crippen LogP contribution in [0.25, 0.3) is 0 Å². The Morgan fingerprint density at radius 1 is 1.06 bits per heavy atom. The third-order valence-electron chi connectivity index (χ3n) is 6.87. The second-order valence-corrected chi connectivity index (χ2v) is 9.60. The fourth-order valence-corrected chi connectivity index (χ4v) is 4.23. The fraction of sp³-hybridized carbons (Fsp3) is 0.519. The molecule has 4 nitrogen and oxygen atoms in total. The summed E-state index contributed by atoms with van der Waals surface area (Å²) < 4.78 is 41.5. The third kappa shape index (κ3) is 7.06. The molecule has 1 amide bonds. The highest BCUT2D eigenvalue weighted by molar-refractivity contribution is 6.04. The number of carbonyl (C=O) groups excluding carboxylic acids is 1. The van der Waals surface area contributed by atoms with Crippen LogP contribution in [0.4, 0.5) is 18.9 Å². The van der Waals surface area contributed by atoms with Crippen LogP contribution in [0.2, 0.25) is 0 Å². The van der Waals surface area contributed by atoms with Crippen molar-refractivity contribution >= 4 is 11.6 Å². The minimum absolute atomic E-state index is 0.151. The van der Waals surface area contributed by atoms with Gasteiger partial charge in [0.25, 0.3) is 5.91 Å². The number of anilines is 1. The monoisotopic (exact) mass is 475 g/mol. The molecule has 1 atom stereocenters. The second kappa shape index (κ2) is 11.4. The van der Waals surface area contributed by atoms with Gasteiger partial charge in [-0.1, -0.05) is 32.4 Å². The largest absolute Gasteiger partial charge is 0.416 e. The van der Waals surface area contributed by atoms with Crippen LogP contribution in [0.5, 0.6) is 0 Å². The van der Waals surface area contributed by atoms with Gasteiger partial charge in [-0.3, -0.25) is 9.69 Å². The van der Waals surface area contributed by atoms with Gasteiger partial charge in [-0.2, -0.15) is 13.2 Å². The summed E-state index contributed by atoms with van der Waals surface area (Å²) in [5.74, 6) is 0.237. The molecule has 2 aromatic rings. The lowest BCUT2D eigenvalue weighted by molar-refractivity contribution is -0.138. The number of carbonyl (C=O) groups is 1. The van der Waals surface area contributed by atoms with E-state index in [1.54, 1.807) is 12.1 Å². The molecule has 2 aromatic carbocycles. The van der Waals surface area contributed by atoms with Crippen molar-refractivity contribution in [2.75, 3.05) is 38.5 Å². The Morgan fingerprint density at radius 3 is 2.35 bits per heavy atom. The highest BCUT2D eigenvalue weighted by Crippen LogP contribution is 2.34. The van der Waals surface area contributed by atoms with E-state index in [1.807, 2.05) is 31.0 Å². The number of likely N-dealkylation sites (N-methyl/N-ethyl adjacent to an activating group) is 1. The first-order chi connectivity index (χ1) is 16.1. The molecule has 186 valence electrons. The molecule has 0 spiro atoms. The van der Waals surface area contributed by atoms with Gasteiger partial charge < -0.3 is 10.2 Å². The first-order valence-electron chi connectivity index (χ1n) is 12.1. The van der Waals surface area contributed by atoms with E-state index in [-0.39, 0.29) is 17.8 Å². The van der Waals surface area contributed by atoms with Crippen LogP contribution < -0.4 is 5.32 Å². The number of benzene rings is 2. The van der Waals surface area contributed by atoms with Gasteiger partial charge in [0.15, 0.2) is 0 Å². The summed E-state index contributed by atoms with van der Waals surface area (Å²) in [6.45, 7) is 9.76. The number of amides is 1. The molecule has 0 bridgehead atoms. The van der Waals surface area contributed by atoms with Gasteiger partial charge in [0, 0.05) is 44.0 Å². The molecule has 1 heterocycles. The van der Waals surface area contributed by atoms with Gasteiger partial charge in [0.05, 0.1) is 5.56 Å². The summed E-state index contributed by atoms with van der Waals surface area (Å²) in [4.78, 5) is 17.0. The Labute approximate surface area is 201 Å². The Balaban J connectivity index is 1.72. The van der Waals surface area contributed by atoms with Crippen molar-refractivity contribution in [1.29, 1.82) is 0 Å². The van der Waals surface area contributed by atoms with Crippen molar-refractivity contribution in [3.05, 3.63) is 64.2 Å². The average Bonchev–Trinajstić information content (AvgIpc) is 2.79. The zero-order chi connectivity index (χ0) is 24.9. The Bertz CT molecular complexity index is 982. The van der Waals surface area contributed by atoms with Gasteiger partial charge in [0.2, 0.25) is 0 Å². The normalized spacial score (nSPS) is 16.4. The molecule has 1 unspecified atom stereocenters. The molecule has 0 saturated carbocycles. The van der Waals surface area contributed by atoms with Crippen molar-refractivity contribution < 1.29 is 18.0 Å². The number of alkyl halides is 3. The average molecular weight is 476 g/mol. The SMILES string of the molecule is CCC(C)CCc1ccc(C(=O)Nc2ccc(CN3CCN(C)CC3)c(C(F)(F)F)c2)cc1C. The van der Waals surface area contributed by atoms with Crippen LogP contribution in [-0.2, 0) is 19.1 Å². The predicted molar refractivity (Wildman–Crippen MR) is 131 cm³/mol. The topological polar surface area (TPSA) is 35.6 Å². The van der Waals surface area contributed by atoms with E-state index in [2.05, 4.69) is 24.1 Å². The van der Waals surface area contributed by atoms with Crippen LogP contribution in [0.1, 0.15) is 59.3 Å². The van der Waals surface area contributed by atoms with Crippen LogP contribution in [0.15, 0.2) is 36.4 Å². The van der Waals surface area contributed by atoms with Gasteiger partial charge in [-0.25, -0.2) is 0 Å². The zero-order valence-corrected chi connectivity index (χ0v) is 20.6. The molecule has 1 N–H and O–H groups in total. The Morgan fingerprint density at radius 2 is 1.74 bits per heavy atom. The fourth-order valence-electron chi connectivity index (χ4n) is 4.23. The van der Waals surface area contributed by atoms with Crippen molar-refractivity contribution in [1.82, 2.24) is 9.80 Å². The molecule has 0 radical (unpaired) electrons. The summed E-state index contributed by atoms with van der Waals surface area (Å²) in [7, 11) is 2.01. The molecule has 1 fully saturated rings. The number of nitrogens with zero attached hydrogens (tertiary/aromatic N) is 2. The first-order valence-corrected chi connectivity index (χ1v) is 12.1. The molecule has 7 heteroatoms. The van der Waals surface area contributed by atoms with Crippen LogP contribution in [0, 0.1) is 12.8 Å². The summed E-state index contributed by atoms with van der Waals surface area (Å²) in [5, 5.41) is 2.65. The predicted octanol–water partition coefficient (Wildman–Crippen LogP) is 5.99. The number of nitrogens with one attached hydrogen (secondary N) is 1. The van der Waals surface area contributed by atoms with E-state index in [1.165, 1.54) is 11.6 Å². The maximum absolute atomic E-state index is 13.8. The van der Waals surface area contributed by atoms with Crippen LogP contribution in [0.3, 0.4) is 0 Å². The van der Waals surface area contributed by atoms with Crippen LogP contribution in [-0.4, -0.2) is 48.9 Å². The van der Waals surface area contributed by atoms with Crippen molar-refractivity contribution in [2.24, 2.45) is 5.92 Å². The molecular weight excluding hydrogens is 439 g/mol. The summed E-state index contributed by atoms with van der Waals surface area (Å²) >= 11 is 0. The molecule has 0 aliphatic carbocycles. The maximum atomic E-state index is 13.8. The highest BCUT2D eigenvalue weighted by Gasteiger charge is 2.34. The number of halogens is 3. The lowest BCUT2D eigenvalue weighted by Crippen LogP contribution is -2.44. The lowest BCUT2D eigenvalue weighted by atomic mass is 9.95. The van der Waals surface area contributed by atoms with E-state index in [0.29, 0.717) is 11.5 Å². The van der Waals surface area contributed by atoms with E-state index in [9.17, 15) is 18.0 Å². The van der Waals surface area contributed by atoms with Gasteiger partial charge in [-0.15, -0.1) is 0 Å². The van der Waals surface area contributed by atoms with E-state index in [0.717, 1.165) is 57.1 Å². The molecule has 1 saturated heterocycles. The van der Waals surface area contributed by atoms with Gasteiger partial charge in [0.1, 0.15) is 0 Å². The second-order valence-electron chi connectivity index (χ2n) is 9.60. The minimum atomic E-state index is -4.49. The number of piperazine rings is 1. The Kier molecular flexibility index (Phi) is 8.77. The maximum Gasteiger partial charge on any atom is 0.416 e. The molecular formula is C27H36F3N3O. The lowest BCUT2D eigenvalue weighted by Gasteiger charge is -2.33. The smallest absolute Gasteiger partial charge is 0.322 e. The number of aryl methyl sites for hydroxylation is 2. The third-order valence-corrected chi connectivity index (χ3v) is 6.87. The van der Waals surface area contributed by atoms with E-state index in [4.69, 9.17) is 0 Å². The molecule has 3 rings (SSSR count). The Hall–Kier alpha value is -2.38. The molecule has 1 aliphatic rings. The number of hydrogen-bond acceptors (Lipinski definition) is 3. The standard InChI is InChI=1S/C27H36F3N3O/c1-5-19(2)6-7-21-8-9-22(16-20(21)3)26(34)31-24-11-10-23(25(17-24)27(28,29)30)18-33-14-12-32(4)13-15-33/h8-11,16-17,19H,5-7,12-15,18H2,1-4H3,(H,31,34). The minimum Gasteiger partial charge on any atom is -0.322 e. The first kappa shape index (κ1) is 26.2. The van der Waals surface area contributed by atoms with E-state index < -0.39 is 17.6 Å². The van der Waals surface area contributed by atoms with Crippen molar-refractivity contribution in [3.8, 4) is 0 Å². The van der Waals surface area contributed by atoms with Crippen molar-refractivity contribution in [3.63, 3.8) is 0 Å². The zero-order valence-electron chi connectivity index (χ0n) is 20.6. The number of rotatable bonds is 8. The highest BCUT2D eigenvalue weighted by atomic mass is 19.4. The van der Waals surface area contributed by atoms with Crippen molar-refractivity contribution in [2.45, 2.75) is 52.8 Å². The van der Waals surface area contributed by atoms with Gasteiger partial charge >= 0.3 is 6.18 Å². The number of hydrogen-bond donors (Lipinski definition) is 1. The van der Waals surface area contributed by atoms with Gasteiger partial charge in [-0.05, 0) is 73.7 Å². The quantitative estimate of drug-likeness (QED) is 0.509. The van der Waals surface area contributed by atoms with Crippen LogP contribution >= 0.6 is 0 Å². The van der Waals surface area contributed by atoms with E-state index >= 15 is 0 Å². The molecule has 1 aliphatic heterocycles. The molecule has 34 heavy (non-hydrogen) atoms. The summed E-state index contributed by atoms with van der Waals surface area (Å²) in [6, 6.07) is 9.61. The molecule has 0 aromatic heterocycles.